The molecule has 0 fully saturated rings. The van der Waals surface area contributed by atoms with Gasteiger partial charge in [0.2, 0.25) is 11.7 Å². The molecule has 33 heavy (non-hydrogen) atoms. The SMILES string of the molecule is CCNc1nn(CC(=O)Nc2ccc(F)c(Cl)c2)c(N)c1-c1nc(-c2ccccc2C)no1. The molecule has 4 rings (SSSR count). The van der Waals surface area contributed by atoms with Crippen LogP contribution in [0.25, 0.3) is 22.8 Å². The maximum atomic E-state index is 13.3. The van der Waals surface area contributed by atoms with Gasteiger partial charge in [-0.05, 0) is 37.6 Å². The summed E-state index contributed by atoms with van der Waals surface area (Å²) in [6, 6.07) is 11.6. The van der Waals surface area contributed by atoms with Gasteiger partial charge in [-0.15, -0.1) is 0 Å². The van der Waals surface area contributed by atoms with Crippen LogP contribution in [-0.2, 0) is 11.3 Å². The molecule has 2 heterocycles. The standard InChI is InChI=1S/C22H21ClFN7O2/c1-3-26-21-18(22-28-20(30-33-22)14-7-5-4-6-12(14)2)19(25)31(29-21)11-17(32)27-13-8-9-16(24)15(23)10-13/h4-10H,3,11,25H2,1-2H3,(H,26,29)(H,27,32). The van der Waals surface area contributed by atoms with Crippen LogP contribution < -0.4 is 16.4 Å². The lowest BCUT2D eigenvalue weighted by molar-refractivity contribution is -0.116. The maximum absolute atomic E-state index is 13.3. The number of nitrogens with one attached hydrogen (secondary N) is 2. The first kappa shape index (κ1) is 22.3. The van der Waals surface area contributed by atoms with Gasteiger partial charge in [0.05, 0.1) is 5.02 Å². The minimum atomic E-state index is -0.574. The van der Waals surface area contributed by atoms with Crippen molar-refractivity contribution in [1.29, 1.82) is 0 Å². The highest BCUT2D eigenvalue weighted by molar-refractivity contribution is 6.31. The molecule has 4 N–H and O–H groups in total. The van der Waals surface area contributed by atoms with Crippen LogP contribution in [0, 0.1) is 12.7 Å². The third-order valence-corrected chi connectivity index (χ3v) is 5.15. The number of rotatable bonds is 7. The van der Waals surface area contributed by atoms with Gasteiger partial charge in [0.25, 0.3) is 5.89 Å². The highest BCUT2D eigenvalue weighted by Gasteiger charge is 2.24. The maximum Gasteiger partial charge on any atom is 0.265 e. The number of carbonyl (C=O) groups excluding carboxylic acids is 1. The van der Waals surface area contributed by atoms with Gasteiger partial charge in [0, 0.05) is 17.8 Å². The number of hydrogen-bond acceptors (Lipinski definition) is 7. The number of nitrogens with two attached hydrogens (primary N) is 1. The minimum absolute atomic E-state index is 0.0935. The van der Waals surface area contributed by atoms with Gasteiger partial charge in [-0.3, -0.25) is 4.79 Å². The fraction of sp³-hybridized carbons (Fsp3) is 0.182. The predicted molar refractivity (Wildman–Crippen MR) is 124 cm³/mol. The molecule has 0 unspecified atom stereocenters. The zero-order valence-electron chi connectivity index (χ0n) is 17.9. The van der Waals surface area contributed by atoms with Gasteiger partial charge in [-0.2, -0.15) is 10.1 Å². The molecule has 0 aliphatic carbocycles. The minimum Gasteiger partial charge on any atom is -0.383 e. The average molecular weight is 470 g/mol. The second kappa shape index (κ2) is 9.29. The molecular formula is C22H21ClFN7O2. The van der Waals surface area contributed by atoms with Gasteiger partial charge in [-0.1, -0.05) is 41.0 Å². The van der Waals surface area contributed by atoms with E-state index in [0.29, 0.717) is 29.4 Å². The molecule has 4 aromatic rings. The van der Waals surface area contributed by atoms with Crippen LogP contribution in [-0.4, -0.2) is 32.4 Å². The van der Waals surface area contributed by atoms with E-state index in [1.165, 1.54) is 22.9 Å². The molecule has 2 aromatic carbocycles. The first-order valence-electron chi connectivity index (χ1n) is 10.1. The van der Waals surface area contributed by atoms with Gasteiger partial charge in [-0.25, -0.2) is 9.07 Å². The van der Waals surface area contributed by atoms with Crippen molar-refractivity contribution >= 4 is 34.8 Å². The Morgan fingerprint density at radius 1 is 1.27 bits per heavy atom. The predicted octanol–water partition coefficient (Wildman–Crippen LogP) is 4.35. The average Bonchev–Trinajstić information content (AvgIpc) is 3.36. The van der Waals surface area contributed by atoms with Crippen LogP contribution in [0.4, 0.5) is 21.7 Å². The van der Waals surface area contributed by atoms with Crippen molar-refractivity contribution in [3.63, 3.8) is 0 Å². The van der Waals surface area contributed by atoms with Gasteiger partial charge < -0.3 is 20.9 Å². The van der Waals surface area contributed by atoms with E-state index in [0.717, 1.165) is 11.1 Å². The zero-order valence-corrected chi connectivity index (χ0v) is 18.7. The summed E-state index contributed by atoms with van der Waals surface area (Å²) in [7, 11) is 0. The second-order valence-corrected chi connectivity index (χ2v) is 7.62. The van der Waals surface area contributed by atoms with Crippen molar-refractivity contribution in [3.8, 4) is 22.8 Å². The Hall–Kier alpha value is -3.92. The molecule has 0 bridgehead atoms. The number of nitrogens with zero attached hydrogens (tertiary/aromatic N) is 4. The summed E-state index contributed by atoms with van der Waals surface area (Å²) in [5.41, 5.74) is 8.90. The summed E-state index contributed by atoms with van der Waals surface area (Å²) >= 11 is 5.77. The van der Waals surface area contributed by atoms with Gasteiger partial charge >= 0.3 is 0 Å². The van der Waals surface area contributed by atoms with Crippen molar-refractivity contribution in [2.75, 3.05) is 22.9 Å². The first-order chi connectivity index (χ1) is 15.9. The van der Waals surface area contributed by atoms with Gasteiger partial charge in [0.15, 0.2) is 5.82 Å². The van der Waals surface area contributed by atoms with E-state index < -0.39 is 11.7 Å². The molecule has 0 aliphatic rings. The Balaban J connectivity index is 1.61. The second-order valence-electron chi connectivity index (χ2n) is 7.21. The number of aryl methyl sites for hydroxylation is 1. The molecule has 0 radical (unpaired) electrons. The number of aromatic nitrogens is 4. The normalized spacial score (nSPS) is 10.9. The number of carbonyl (C=O) groups is 1. The zero-order chi connectivity index (χ0) is 23.5. The molecule has 11 heteroatoms. The molecule has 0 aliphatic heterocycles. The van der Waals surface area contributed by atoms with Crippen LogP contribution in [0.1, 0.15) is 12.5 Å². The Bertz CT molecular complexity index is 1320. The van der Waals surface area contributed by atoms with Crippen molar-refractivity contribution in [2.24, 2.45) is 0 Å². The number of anilines is 3. The fourth-order valence-corrected chi connectivity index (χ4v) is 3.45. The fourth-order valence-electron chi connectivity index (χ4n) is 3.27. The van der Waals surface area contributed by atoms with Crippen LogP contribution in [0.15, 0.2) is 47.0 Å². The van der Waals surface area contributed by atoms with Crippen LogP contribution in [0.5, 0.6) is 0 Å². The van der Waals surface area contributed by atoms with Crippen molar-refractivity contribution in [1.82, 2.24) is 19.9 Å². The first-order valence-corrected chi connectivity index (χ1v) is 10.5. The monoisotopic (exact) mass is 469 g/mol. The summed E-state index contributed by atoms with van der Waals surface area (Å²) in [5.74, 6) is 0.191. The third-order valence-electron chi connectivity index (χ3n) is 4.86. The van der Waals surface area contributed by atoms with E-state index in [4.69, 9.17) is 21.9 Å². The number of amides is 1. The molecule has 2 aromatic heterocycles. The van der Waals surface area contributed by atoms with Crippen LogP contribution in [0.2, 0.25) is 5.02 Å². The molecule has 0 spiro atoms. The smallest absolute Gasteiger partial charge is 0.265 e. The number of halogens is 2. The Morgan fingerprint density at radius 3 is 2.79 bits per heavy atom. The highest BCUT2D eigenvalue weighted by atomic mass is 35.5. The Kier molecular flexibility index (Phi) is 6.27. The summed E-state index contributed by atoms with van der Waals surface area (Å²) in [6.07, 6.45) is 0. The molecule has 0 atom stereocenters. The van der Waals surface area contributed by atoms with E-state index in [2.05, 4.69) is 25.9 Å². The summed E-state index contributed by atoms with van der Waals surface area (Å²) in [6.45, 7) is 4.21. The summed E-state index contributed by atoms with van der Waals surface area (Å²) in [5, 5.41) is 14.1. The molecule has 0 saturated carbocycles. The van der Waals surface area contributed by atoms with Gasteiger partial charge in [0.1, 0.15) is 23.7 Å². The molecule has 0 saturated heterocycles. The lowest BCUT2D eigenvalue weighted by atomic mass is 10.1. The summed E-state index contributed by atoms with van der Waals surface area (Å²) < 4.78 is 20.2. The quantitative estimate of drug-likeness (QED) is 0.367. The van der Waals surface area contributed by atoms with Crippen molar-refractivity contribution < 1.29 is 13.7 Å². The number of hydrogen-bond donors (Lipinski definition) is 3. The van der Waals surface area contributed by atoms with Crippen LogP contribution in [0.3, 0.4) is 0 Å². The largest absolute Gasteiger partial charge is 0.383 e. The van der Waals surface area contributed by atoms with E-state index in [1.807, 2.05) is 38.1 Å². The van der Waals surface area contributed by atoms with E-state index in [-0.39, 0.29) is 23.3 Å². The Morgan fingerprint density at radius 2 is 2.06 bits per heavy atom. The van der Waals surface area contributed by atoms with E-state index in [1.54, 1.807) is 0 Å². The van der Waals surface area contributed by atoms with E-state index >= 15 is 0 Å². The summed E-state index contributed by atoms with van der Waals surface area (Å²) in [4.78, 5) is 17.0. The topological polar surface area (TPSA) is 124 Å². The van der Waals surface area contributed by atoms with Crippen LogP contribution >= 0.6 is 11.6 Å². The molecule has 1 amide bonds. The highest BCUT2D eigenvalue weighted by Crippen LogP contribution is 2.34. The third kappa shape index (κ3) is 4.65. The number of benzene rings is 2. The van der Waals surface area contributed by atoms with Crippen molar-refractivity contribution in [3.05, 3.63) is 58.9 Å². The molecule has 9 nitrogen and oxygen atoms in total. The lowest BCUT2D eigenvalue weighted by Crippen LogP contribution is -2.20. The molecular weight excluding hydrogens is 449 g/mol. The molecule has 170 valence electrons. The van der Waals surface area contributed by atoms with Crippen molar-refractivity contribution in [2.45, 2.75) is 20.4 Å². The van der Waals surface area contributed by atoms with E-state index in [9.17, 15) is 9.18 Å². The Labute approximate surface area is 193 Å². The number of nitrogen functional groups attached to an aromatic ring is 1. The lowest BCUT2D eigenvalue weighted by Gasteiger charge is -2.07.